The average molecular weight is 445 g/mol. The van der Waals surface area contributed by atoms with Gasteiger partial charge in [-0.3, -0.25) is 9.89 Å². The second-order valence-electron chi connectivity index (χ2n) is 8.63. The van der Waals surface area contributed by atoms with Gasteiger partial charge in [-0.05, 0) is 55.7 Å². The first-order valence-corrected chi connectivity index (χ1v) is 10.6. The third-order valence-corrected chi connectivity index (χ3v) is 6.93. The Bertz CT molecular complexity index is 1120. The number of nitrogens with one attached hydrogen (secondary N) is 2. The summed E-state index contributed by atoms with van der Waals surface area (Å²) in [6.45, 7) is 0. The number of aromatic amines is 1. The van der Waals surface area contributed by atoms with Crippen molar-refractivity contribution < 1.29 is 14.3 Å². The molecule has 0 radical (unpaired) electrons. The minimum Gasteiger partial charge on any atom is -0.382 e. The number of aliphatic hydroxyl groups is 1. The predicted molar refractivity (Wildman–Crippen MR) is 111 cm³/mol. The zero-order valence-corrected chi connectivity index (χ0v) is 17.6. The van der Waals surface area contributed by atoms with Crippen LogP contribution in [0.5, 0.6) is 0 Å². The van der Waals surface area contributed by atoms with E-state index in [2.05, 4.69) is 25.5 Å². The van der Waals surface area contributed by atoms with Gasteiger partial charge < -0.3 is 15.0 Å². The van der Waals surface area contributed by atoms with Gasteiger partial charge in [-0.1, -0.05) is 11.6 Å². The Morgan fingerprint density at radius 1 is 1.32 bits per heavy atom. The van der Waals surface area contributed by atoms with Crippen LogP contribution in [-0.2, 0) is 12.6 Å². The Hall–Kier alpha value is -2.78. The summed E-state index contributed by atoms with van der Waals surface area (Å²) in [5, 5.41) is 20.4. The monoisotopic (exact) mass is 444 g/mol. The van der Waals surface area contributed by atoms with Gasteiger partial charge in [0.05, 0.1) is 17.0 Å². The van der Waals surface area contributed by atoms with E-state index in [1.165, 1.54) is 24.5 Å². The number of carbonyl (C=O) groups is 1. The van der Waals surface area contributed by atoms with Crippen LogP contribution in [-0.4, -0.2) is 35.7 Å². The largest absolute Gasteiger partial charge is 0.382 e. The summed E-state index contributed by atoms with van der Waals surface area (Å²) in [5.41, 5.74) is 0.689. The SMILES string of the molecule is Cn1cnc(C2CC3CC(O)(c4ncn[nH]4)CC3C2)c1C(=O)Nc1ccc(F)c(Cl)c1. The molecule has 8 nitrogen and oxygen atoms in total. The summed E-state index contributed by atoms with van der Waals surface area (Å²) in [7, 11) is 1.78. The molecule has 31 heavy (non-hydrogen) atoms. The molecule has 2 fully saturated rings. The first-order valence-electron chi connectivity index (χ1n) is 10.2. The van der Waals surface area contributed by atoms with E-state index in [0.717, 1.165) is 18.5 Å². The van der Waals surface area contributed by atoms with E-state index in [1.807, 2.05) is 0 Å². The van der Waals surface area contributed by atoms with Crippen LogP contribution in [0.4, 0.5) is 10.1 Å². The van der Waals surface area contributed by atoms with E-state index in [-0.39, 0.29) is 16.8 Å². The number of H-pyrrole nitrogens is 1. The van der Waals surface area contributed by atoms with Gasteiger partial charge in [0.1, 0.15) is 23.4 Å². The quantitative estimate of drug-likeness (QED) is 0.571. The van der Waals surface area contributed by atoms with Gasteiger partial charge >= 0.3 is 0 Å². The second-order valence-corrected chi connectivity index (χ2v) is 9.04. The Kier molecular flexibility index (Phi) is 4.82. The van der Waals surface area contributed by atoms with E-state index >= 15 is 0 Å². The maximum absolute atomic E-state index is 13.4. The van der Waals surface area contributed by atoms with Crippen molar-refractivity contribution >= 4 is 23.2 Å². The highest BCUT2D eigenvalue weighted by Crippen LogP contribution is 2.56. The van der Waals surface area contributed by atoms with Gasteiger partial charge in [0, 0.05) is 18.7 Å². The smallest absolute Gasteiger partial charge is 0.274 e. The van der Waals surface area contributed by atoms with Crippen LogP contribution in [0.15, 0.2) is 30.9 Å². The molecule has 3 aromatic rings. The number of rotatable bonds is 4. The van der Waals surface area contributed by atoms with Crippen LogP contribution < -0.4 is 5.32 Å². The molecule has 1 amide bonds. The third-order valence-electron chi connectivity index (χ3n) is 6.64. The molecule has 2 aliphatic rings. The van der Waals surface area contributed by atoms with Gasteiger partial charge in [-0.2, -0.15) is 5.10 Å². The third kappa shape index (κ3) is 3.51. The molecule has 0 saturated heterocycles. The lowest BCUT2D eigenvalue weighted by atomic mass is 9.92. The molecular weight excluding hydrogens is 423 g/mol. The van der Waals surface area contributed by atoms with E-state index < -0.39 is 11.4 Å². The average Bonchev–Trinajstić information content (AvgIpc) is 3.47. The van der Waals surface area contributed by atoms with Crippen molar-refractivity contribution in [3.63, 3.8) is 0 Å². The minimum absolute atomic E-state index is 0.0501. The molecule has 162 valence electrons. The predicted octanol–water partition coefficient (Wildman–Crippen LogP) is 3.37. The molecule has 2 heterocycles. The summed E-state index contributed by atoms with van der Waals surface area (Å²) < 4.78 is 15.1. The molecule has 2 unspecified atom stereocenters. The molecule has 2 saturated carbocycles. The van der Waals surface area contributed by atoms with Crippen molar-refractivity contribution in [3.05, 3.63) is 58.9 Å². The molecule has 0 bridgehead atoms. The lowest BCUT2D eigenvalue weighted by Crippen LogP contribution is -2.25. The maximum Gasteiger partial charge on any atom is 0.274 e. The van der Waals surface area contributed by atoms with Gasteiger partial charge in [-0.25, -0.2) is 14.4 Å². The van der Waals surface area contributed by atoms with Crippen molar-refractivity contribution in [1.82, 2.24) is 24.7 Å². The fourth-order valence-electron chi connectivity index (χ4n) is 5.30. The summed E-state index contributed by atoms with van der Waals surface area (Å²) in [6.07, 6.45) is 5.98. The van der Waals surface area contributed by atoms with Gasteiger partial charge in [0.15, 0.2) is 5.82 Å². The number of hydrogen-bond donors (Lipinski definition) is 3. The van der Waals surface area contributed by atoms with Crippen molar-refractivity contribution in [1.29, 1.82) is 0 Å². The maximum atomic E-state index is 13.4. The second kappa shape index (κ2) is 7.42. The normalized spacial score (nSPS) is 27.4. The fraction of sp³-hybridized carbons (Fsp3) is 0.429. The van der Waals surface area contributed by atoms with E-state index in [4.69, 9.17) is 11.6 Å². The first kappa shape index (κ1) is 20.1. The number of aromatic nitrogens is 5. The molecule has 2 aromatic heterocycles. The number of carbonyl (C=O) groups excluding carboxylic acids is 1. The number of amides is 1. The fourth-order valence-corrected chi connectivity index (χ4v) is 5.48. The number of imidazole rings is 1. The Labute approximate surface area is 182 Å². The summed E-state index contributed by atoms with van der Waals surface area (Å²) >= 11 is 5.83. The number of hydrogen-bond acceptors (Lipinski definition) is 5. The van der Waals surface area contributed by atoms with Crippen LogP contribution in [0.25, 0.3) is 0 Å². The lowest BCUT2D eigenvalue weighted by Gasteiger charge is -2.22. The van der Waals surface area contributed by atoms with Gasteiger partial charge in [0.2, 0.25) is 0 Å². The molecule has 0 aliphatic heterocycles. The molecule has 1 aromatic carbocycles. The zero-order chi connectivity index (χ0) is 21.8. The number of aryl methyl sites for hydroxylation is 1. The summed E-state index contributed by atoms with van der Waals surface area (Å²) in [5.74, 6) is 0.460. The van der Waals surface area contributed by atoms with Crippen molar-refractivity contribution in [2.75, 3.05) is 5.32 Å². The summed E-state index contributed by atoms with van der Waals surface area (Å²) in [6, 6.07) is 4.07. The molecular formula is C21H22ClFN6O2. The number of nitrogens with zero attached hydrogens (tertiary/aromatic N) is 4. The van der Waals surface area contributed by atoms with Crippen molar-refractivity contribution in [2.45, 2.75) is 37.2 Å². The topological polar surface area (TPSA) is 109 Å². The minimum atomic E-state index is -0.969. The van der Waals surface area contributed by atoms with E-state index in [0.29, 0.717) is 41.9 Å². The Balaban J connectivity index is 1.33. The number of halogens is 2. The Morgan fingerprint density at radius 3 is 2.71 bits per heavy atom. The summed E-state index contributed by atoms with van der Waals surface area (Å²) in [4.78, 5) is 21.7. The van der Waals surface area contributed by atoms with Crippen molar-refractivity contribution in [3.8, 4) is 0 Å². The number of benzene rings is 1. The highest BCUT2D eigenvalue weighted by atomic mass is 35.5. The molecule has 2 atom stereocenters. The molecule has 10 heteroatoms. The Morgan fingerprint density at radius 2 is 2.06 bits per heavy atom. The van der Waals surface area contributed by atoms with Crippen LogP contribution in [0.2, 0.25) is 5.02 Å². The molecule has 2 aliphatic carbocycles. The number of anilines is 1. The van der Waals surface area contributed by atoms with Gasteiger partial charge in [-0.15, -0.1) is 0 Å². The van der Waals surface area contributed by atoms with Crippen molar-refractivity contribution in [2.24, 2.45) is 18.9 Å². The van der Waals surface area contributed by atoms with E-state index in [9.17, 15) is 14.3 Å². The van der Waals surface area contributed by atoms with Crippen LogP contribution >= 0.6 is 11.6 Å². The van der Waals surface area contributed by atoms with E-state index in [1.54, 1.807) is 17.9 Å². The highest BCUT2D eigenvalue weighted by Gasteiger charge is 2.51. The first-order chi connectivity index (χ1) is 14.8. The molecule has 0 spiro atoms. The molecule has 3 N–H and O–H groups in total. The van der Waals surface area contributed by atoms with Crippen LogP contribution in [0, 0.1) is 17.7 Å². The lowest BCUT2D eigenvalue weighted by molar-refractivity contribution is 0.0257. The van der Waals surface area contributed by atoms with Crippen LogP contribution in [0.1, 0.15) is 53.6 Å². The number of fused-ring (bicyclic) bond motifs is 1. The van der Waals surface area contributed by atoms with Crippen LogP contribution in [0.3, 0.4) is 0 Å². The standard InChI is InChI=1S/C21H22ClFN6O2/c1-29-10-25-17(18(29)19(30)27-14-2-3-16(23)15(22)6-14)11-4-12-7-21(31,8-13(12)5-11)20-24-9-26-28-20/h2-3,6,9-13,31H,4-5,7-8H2,1H3,(H,27,30)(H,24,26,28). The highest BCUT2D eigenvalue weighted by molar-refractivity contribution is 6.31. The zero-order valence-electron chi connectivity index (χ0n) is 16.8. The molecule has 5 rings (SSSR count). The van der Waals surface area contributed by atoms with Gasteiger partial charge in [0.25, 0.3) is 5.91 Å².